The lowest BCUT2D eigenvalue weighted by Gasteiger charge is -2.10. The van der Waals surface area contributed by atoms with Crippen molar-refractivity contribution >= 4 is 5.82 Å². The van der Waals surface area contributed by atoms with Crippen LogP contribution in [-0.2, 0) is 6.54 Å². The highest BCUT2D eigenvalue weighted by Gasteiger charge is 2.22. The van der Waals surface area contributed by atoms with Crippen LogP contribution in [0.5, 0.6) is 0 Å². The van der Waals surface area contributed by atoms with E-state index in [0.717, 1.165) is 30.8 Å². The van der Waals surface area contributed by atoms with Crippen molar-refractivity contribution < 1.29 is 4.39 Å². The molecule has 1 fully saturated rings. The third-order valence-electron chi connectivity index (χ3n) is 6.12. The zero-order chi connectivity index (χ0) is 23.8. The summed E-state index contributed by atoms with van der Waals surface area (Å²) in [4.78, 5) is 10.8. The van der Waals surface area contributed by atoms with Gasteiger partial charge in [-0.1, -0.05) is 23.3 Å². The van der Waals surface area contributed by atoms with Crippen LogP contribution < -0.4 is 5.73 Å². The lowest BCUT2D eigenvalue weighted by Crippen LogP contribution is -2.17. The summed E-state index contributed by atoms with van der Waals surface area (Å²) in [5, 5.41) is 12.9. The second-order valence-corrected chi connectivity index (χ2v) is 8.51. The van der Waals surface area contributed by atoms with Gasteiger partial charge in [0.2, 0.25) is 0 Å². The van der Waals surface area contributed by atoms with Crippen LogP contribution >= 0.6 is 0 Å². The molecule has 1 atom stereocenters. The van der Waals surface area contributed by atoms with Gasteiger partial charge < -0.3 is 10.6 Å². The van der Waals surface area contributed by atoms with Gasteiger partial charge in [0.1, 0.15) is 11.4 Å². The van der Waals surface area contributed by atoms with Gasteiger partial charge in [-0.15, -0.1) is 11.5 Å². The van der Waals surface area contributed by atoms with E-state index in [2.05, 4.69) is 43.2 Å². The average Bonchev–Trinajstić information content (AvgIpc) is 3.57. The Balaban J connectivity index is 1.42. The van der Waals surface area contributed by atoms with Crippen molar-refractivity contribution in [1.82, 2.24) is 39.6 Å². The molecule has 0 radical (unpaired) electrons. The van der Waals surface area contributed by atoms with Crippen molar-refractivity contribution in [1.29, 1.82) is 0 Å². The van der Waals surface area contributed by atoms with Crippen LogP contribution in [0.4, 0.5) is 10.2 Å². The van der Waals surface area contributed by atoms with Crippen LogP contribution in [0.1, 0.15) is 29.3 Å². The minimum absolute atomic E-state index is 0.0150. The molecule has 0 aliphatic carbocycles. The van der Waals surface area contributed by atoms with Gasteiger partial charge in [-0.3, -0.25) is 4.68 Å². The van der Waals surface area contributed by atoms with E-state index in [0.29, 0.717) is 23.7 Å². The first kappa shape index (κ1) is 21.7. The van der Waals surface area contributed by atoms with E-state index < -0.39 is 5.82 Å². The number of anilines is 1. The fourth-order valence-electron chi connectivity index (χ4n) is 4.23. The number of hydrogen-bond acceptors (Lipinski definition) is 7. The number of benzene rings is 1. The minimum atomic E-state index is -0.740. The Morgan fingerprint density at radius 2 is 2.12 bits per heavy atom. The number of nitrogens with zero attached hydrogens (tertiary/aromatic N) is 8. The Kier molecular flexibility index (Phi) is 5.55. The van der Waals surface area contributed by atoms with Crippen LogP contribution in [0.15, 0.2) is 36.7 Å². The van der Waals surface area contributed by atoms with Crippen molar-refractivity contribution in [2.75, 3.05) is 25.9 Å². The predicted molar refractivity (Wildman–Crippen MR) is 126 cm³/mol. The highest BCUT2D eigenvalue weighted by molar-refractivity contribution is 5.69. The molecule has 4 heterocycles. The van der Waals surface area contributed by atoms with Gasteiger partial charge in [-0.25, -0.2) is 19.0 Å². The third-order valence-corrected chi connectivity index (χ3v) is 6.12. The van der Waals surface area contributed by atoms with E-state index in [1.807, 2.05) is 36.0 Å². The maximum Gasteiger partial charge on any atom is 0.193 e. The van der Waals surface area contributed by atoms with Gasteiger partial charge in [0.05, 0.1) is 24.5 Å². The number of hydrogen-bond donors (Lipinski definition) is 1. The fourth-order valence-corrected chi connectivity index (χ4v) is 4.23. The Morgan fingerprint density at radius 3 is 2.88 bits per heavy atom. The van der Waals surface area contributed by atoms with E-state index in [1.165, 1.54) is 0 Å². The van der Waals surface area contributed by atoms with Gasteiger partial charge in [0, 0.05) is 23.9 Å². The summed E-state index contributed by atoms with van der Waals surface area (Å²) in [6.07, 6.45) is 10.3. The number of terminal acetylenes is 1. The standard InChI is InChI=1S/C24H24FN9/c1-4-16-6-5-7-19(15(16)2)24-27-22(21(25)23(26)28-24)20-14-33(31-29-20)12-17-8-11-34(30-17)18-9-10-32(3)13-18/h1,5-8,11,14,18H,9-10,12-13H2,2-3H3,(H2,26,27,28). The predicted octanol–water partition coefficient (Wildman–Crippen LogP) is 2.53. The van der Waals surface area contributed by atoms with Gasteiger partial charge >= 0.3 is 0 Å². The van der Waals surface area contributed by atoms with Gasteiger partial charge in [0.25, 0.3) is 0 Å². The van der Waals surface area contributed by atoms with E-state index in [9.17, 15) is 4.39 Å². The summed E-state index contributed by atoms with van der Waals surface area (Å²) in [5.41, 5.74) is 9.17. The third kappa shape index (κ3) is 4.02. The lowest BCUT2D eigenvalue weighted by atomic mass is 10.0. The monoisotopic (exact) mass is 457 g/mol. The summed E-state index contributed by atoms with van der Waals surface area (Å²) in [5.74, 6) is 1.90. The summed E-state index contributed by atoms with van der Waals surface area (Å²) < 4.78 is 18.5. The first-order valence-corrected chi connectivity index (χ1v) is 11.0. The van der Waals surface area contributed by atoms with E-state index in [-0.39, 0.29) is 23.0 Å². The maximum atomic E-state index is 14.9. The summed E-state index contributed by atoms with van der Waals surface area (Å²) >= 11 is 0. The molecule has 10 heteroatoms. The van der Waals surface area contributed by atoms with Gasteiger partial charge in [0.15, 0.2) is 17.5 Å². The van der Waals surface area contributed by atoms with Crippen molar-refractivity contribution in [3.8, 4) is 35.1 Å². The molecule has 5 rings (SSSR count). The largest absolute Gasteiger partial charge is 0.381 e. The molecule has 1 aromatic carbocycles. The van der Waals surface area contributed by atoms with Crippen molar-refractivity contribution in [2.24, 2.45) is 0 Å². The Morgan fingerprint density at radius 1 is 1.26 bits per heavy atom. The quantitative estimate of drug-likeness (QED) is 0.459. The Hall–Kier alpha value is -4.10. The first-order valence-electron chi connectivity index (χ1n) is 11.0. The SMILES string of the molecule is C#Cc1cccc(-c2nc(N)c(F)c(-c3cn(Cc4ccn(C5CCN(C)C5)n4)nn3)n2)c1C. The molecule has 1 unspecified atom stereocenters. The van der Waals surface area contributed by atoms with Crippen molar-refractivity contribution in [2.45, 2.75) is 25.9 Å². The normalized spacial score (nSPS) is 16.1. The zero-order valence-corrected chi connectivity index (χ0v) is 19.0. The Labute approximate surface area is 196 Å². The Bertz CT molecular complexity index is 1400. The molecule has 4 aromatic rings. The number of rotatable bonds is 5. The van der Waals surface area contributed by atoms with E-state index >= 15 is 0 Å². The van der Waals surface area contributed by atoms with Gasteiger partial charge in [-0.05, 0) is 44.6 Å². The molecule has 172 valence electrons. The van der Waals surface area contributed by atoms with Gasteiger partial charge in [-0.2, -0.15) is 5.10 Å². The highest BCUT2D eigenvalue weighted by atomic mass is 19.1. The van der Waals surface area contributed by atoms with Crippen LogP contribution in [0.25, 0.3) is 22.8 Å². The van der Waals surface area contributed by atoms with Crippen LogP contribution in [0.3, 0.4) is 0 Å². The van der Waals surface area contributed by atoms with Crippen LogP contribution in [0.2, 0.25) is 0 Å². The number of nitrogen functional groups attached to an aromatic ring is 1. The fraction of sp³-hybridized carbons (Fsp3) is 0.292. The lowest BCUT2D eigenvalue weighted by molar-refractivity contribution is 0.381. The first-order chi connectivity index (χ1) is 16.4. The molecule has 3 aromatic heterocycles. The molecule has 0 bridgehead atoms. The molecule has 2 N–H and O–H groups in total. The molecule has 1 aliphatic rings. The summed E-state index contributed by atoms with van der Waals surface area (Å²) in [6.45, 7) is 4.32. The number of likely N-dealkylation sites (N-methyl/N-ethyl adjacent to an activating group) is 1. The topological polar surface area (TPSA) is 104 Å². The molecule has 0 amide bonds. The summed E-state index contributed by atoms with van der Waals surface area (Å²) in [6, 6.07) is 7.78. The maximum absolute atomic E-state index is 14.9. The molecule has 1 aliphatic heterocycles. The second kappa shape index (κ2) is 8.68. The molecule has 0 spiro atoms. The van der Waals surface area contributed by atoms with E-state index in [1.54, 1.807) is 16.9 Å². The smallest absolute Gasteiger partial charge is 0.193 e. The average molecular weight is 458 g/mol. The minimum Gasteiger partial charge on any atom is -0.381 e. The number of likely N-dealkylation sites (tertiary alicyclic amines) is 1. The molecular weight excluding hydrogens is 433 g/mol. The number of halogens is 1. The van der Waals surface area contributed by atoms with E-state index in [4.69, 9.17) is 12.2 Å². The molecule has 34 heavy (non-hydrogen) atoms. The molecule has 9 nitrogen and oxygen atoms in total. The van der Waals surface area contributed by atoms with Crippen LogP contribution in [-0.4, -0.2) is 59.8 Å². The highest BCUT2D eigenvalue weighted by Crippen LogP contribution is 2.28. The number of aromatic nitrogens is 7. The zero-order valence-electron chi connectivity index (χ0n) is 19.0. The van der Waals surface area contributed by atoms with Crippen molar-refractivity contribution in [3.63, 3.8) is 0 Å². The van der Waals surface area contributed by atoms with Crippen LogP contribution in [0, 0.1) is 25.1 Å². The summed E-state index contributed by atoms with van der Waals surface area (Å²) in [7, 11) is 2.11. The number of nitrogens with two attached hydrogens (primary N) is 1. The second-order valence-electron chi connectivity index (χ2n) is 8.51. The molecular formula is C24H24FN9. The molecule has 1 saturated heterocycles. The molecule has 0 saturated carbocycles. The van der Waals surface area contributed by atoms with Crippen molar-refractivity contribution in [3.05, 3.63) is 59.3 Å².